The summed E-state index contributed by atoms with van der Waals surface area (Å²) in [5, 5.41) is 0. The van der Waals surface area contributed by atoms with Gasteiger partial charge in [-0.25, -0.2) is 8.42 Å². The molecule has 2 aromatic rings. The lowest BCUT2D eigenvalue weighted by molar-refractivity contribution is -0.136. The molecule has 0 unspecified atom stereocenters. The molecule has 0 amide bonds. The fraction of sp³-hybridized carbons (Fsp3) is 0.250. The van der Waals surface area contributed by atoms with E-state index in [4.69, 9.17) is 4.74 Å². The predicted molar refractivity (Wildman–Crippen MR) is 87.5 cm³/mol. The van der Waals surface area contributed by atoms with Crippen LogP contribution in [0.15, 0.2) is 47.4 Å². The fourth-order valence-corrected chi connectivity index (χ4v) is 3.62. The number of hydrogen-bond acceptors (Lipinski definition) is 4. The first-order valence-electron chi connectivity index (χ1n) is 7.35. The van der Waals surface area contributed by atoms with Crippen LogP contribution < -0.4 is 14.4 Å². The van der Waals surface area contributed by atoms with E-state index in [1.807, 2.05) is 9.62 Å². The molecular weight excluding hydrogens is 357 g/mol. The Labute approximate surface area is 143 Å². The van der Waals surface area contributed by atoms with Crippen molar-refractivity contribution in [2.24, 2.45) is 0 Å². The summed E-state index contributed by atoms with van der Waals surface area (Å²) in [6.07, 6.45) is -4.66. The molecule has 0 radical (unpaired) electrons. The molecule has 0 aromatic heterocycles. The zero-order valence-electron chi connectivity index (χ0n) is 13.2. The van der Waals surface area contributed by atoms with Gasteiger partial charge in [0.2, 0.25) is 0 Å². The Balaban J connectivity index is 1.98. The second kappa shape index (κ2) is 6.14. The van der Waals surface area contributed by atoms with Crippen molar-refractivity contribution in [2.75, 3.05) is 29.8 Å². The lowest BCUT2D eigenvalue weighted by Crippen LogP contribution is -2.29. The van der Waals surface area contributed by atoms with Gasteiger partial charge in [-0.05, 0) is 30.3 Å². The first kappa shape index (κ1) is 17.4. The molecule has 1 N–H and O–H groups in total. The molecule has 0 spiro atoms. The number of fused-ring (bicyclic) bond motifs is 1. The van der Waals surface area contributed by atoms with E-state index >= 15 is 0 Å². The van der Waals surface area contributed by atoms with E-state index in [0.717, 1.165) is 12.1 Å². The van der Waals surface area contributed by atoms with E-state index < -0.39 is 27.5 Å². The average molecular weight is 372 g/mol. The van der Waals surface area contributed by atoms with Gasteiger partial charge in [-0.1, -0.05) is 12.1 Å². The summed E-state index contributed by atoms with van der Waals surface area (Å²) in [4.78, 5) is 1.68. The molecule has 9 heteroatoms. The molecule has 0 bridgehead atoms. The standard InChI is InChI=1S/C16H15F3N2O3S/c1-21-8-9-24-15-7-6-11(10-14(15)21)25(22,23)20-13-5-3-2-4-12(13)16(17,18)19/h2-7,10,20H,8-9H2,1H3. The van der Waals surface area contributed by atoms with Crippen LogP contribution in [0, 0.1) is 0 Å². The van der Waals surface area contributed by atoms with Crippen molar-refractivity contribution in [3.63, 3.8) is 0 Å². The number of rotatable bonds is 3. The van der Waals surface area contributed by atoms with Crippen LogP contribution >= 0.6 is 0 Å². The van der Waals surface area contributed by atoms with Crippen molar-refractivity contribution >= 4 is 21.4 Å². The normalized spacial score (nSPS) is 14.6. The van der Waals surface area contributed by atoms with E-state index in [0.29, 0.717) is 24.6 Å². The summed E-state index contributed by atoms with van der Waals surface area (Å²) in [6, 6.07) is 8.62. The van der Waals surface area contributed by atoms with E-state index in [1.165, 1.54) is 30.3 Å². The number of hydrogen-bond donors (Lipinski definition) is 1. The van der Waals surface area contributed by atoms with Crippen LogP contribution in [0.25, 0.3) is 0 Å². The lowest BCUT2D eigenvalue weighted by atomic mass is 10.2. The Bertz CT molecular complexity index is 898. The van der Waals surface area contributed by atoms with Crippen molar-refractivity contribution in [3.05, 3.63) is 48.0 Å². The Kier molecular flexibility index (Phi) is 4.28. The van der Waals surface area contributed by atoms with E-state index in [1.54, 1.807) is 7.05 Å². The maximum Gasteiger partial charge on any atom is 0.418 e. The summed E-state index contributed by atoms with van der Waals surface area (Å²) >= 11 is 0. The molecular formula is C16H15F3N2O3S. The Morgan fingerprint density at radius 3 is 2.60 bits per heavy atom. The third-order valence-corrected chi connectivity index (χ3v) is 5.18. The number of likely N-dealkylation sites (N-methyl/N-ethyl adjacent to an activating group) is 1. The van der Waals surface area contributed by atoms with Gasteiger partial charge in [0.25, 0.3) is 10.0 Å². The summed E-state index contributed by atoms with van der Waals surface area (Å²) in [5.41, 5.74) is -0.993. The maximum absolute atomic E-state index is 13.0. The number of nitrogens with zero attached hydrogens (tertiary/aromatic N) is 1. The molecule has 0 atom stereocenters. The smallest absolute Gasteiger partial charge is 0.418 e. The summed E-state index contributed by atoms with van der Waals surface area (Å²) in [5.74, 6) is 0.531. The second-order valence-electron chi connectivity index (χ2n) is 5.55. The first-order valence-corrected chi connectivity index (χ1v) is 8.84. The van der Waals surface area contributed by atoms with Gasteiger partial charge in [-0.3, -0.25) is 4.72 Å². The highest BCUT2D eigenvalue weighted by molar-refractivity contribution is 7.92. The van der Waals surface area contributed by atoms with Crippen LogP contribution in [0.1, 0.15) is 5.56 Å². The fourth-order valence-electron chi connectivity index (χ4n) is 2.52. The number of anilines is 2. The number of alkyl halides is 3. The Morgan fingerprint density at radius 2 is 1.88 bits per heavy atom. The highest BCUT2D eigenvalue weighted by Gasteiger charge is 2.34. The van der Waals surface area contributed by atoms with Crippen LogP contribution in [0.2, 0.25) is 0 Å². The van der Waals surface area contributed by atoms with Crippen molar-refractivity contribution in [1.82, 2.24) is 0 Å². The number of halogens is 3. The maximum atomic E-state index is 13.0. The number of nitrogens with one attached hydrogen (secondary N) is 1. The van der Waals surface area contributed by atoms with Crippen molar-refractivity contribution < 1.29 is 26.3 Å². The monoisotopic (exact) mass is 372 g/mol. The molecule has 134 valence electrons. The quantitative estimate of drug-likeness (QED) is 0.898. The van der Waals surface area contributed by atoms with Crippen molar-refractivity contribution in [1.29, 1.82) is 0 Å². The van der Waals surface area contributed by atoms with Crippen molar-refractivity contribution in [3.8, 4) is 5.75 Å². The Hall–Kier alpha value is -2.42. The van der Waals surface area contributed by atoms with Crippen LogP contribution in [-0.2, 0) is 16.2 Å². The van der Waals surface area contributed by atoms with E-state index in [2.05, 4.69) is 0 Å². The van der Waals surface area contributed by atoms with Gasteiger partial charge in [0.1, 0.15) is 12.4 Å². The van der Waals surface area contributed by atoms with Crippen LogP contribution in [0.3, 0.4) is 0 Å². The lowest BCUT2D eigenvalue weighted by Gasteiger charge is -2.28. The molecule has 2 aromatic carbocycles. The number of benzene rings is 2. The number of para-hydroxylation sites is 1. The van der Waals surface area contributed by atoms with Gasteiger partial charge >= 0.3 is 6.18 Å². The zero-order chi connectivity index (χ0) is 18.2. The second-order valence-corrected chi connectivity index (χ2v) is 7.23. The minimum atomic E-state index is -4.66. The van der Waals surface area contributed by atoms with Gasteiger partial charge in [0, 0.05) is 7.05 Å². The SMILES string of the molecule is CN1CCOc2ccc(S(=O)(=O)Nc3ccccc3C(F)(F)F)cc21. The van der Waals surface area contributed by atoms with Crippen LogP contribution in [0.5, 0.6) is 5.75 Å². The highest BCUT2D eigenvalue weighted by atomic mass is 32.2. The molecule has 5 nitrogen and oxygen atoms in total. The molecule has 0 saturated heterocycles. The van der Waals surface area contributed by atoms with Gasteiger partial charge < -0.3 is 9.64 Å². The van der Waals surface area contributed by atoms with Crippen molar-refractivity contribution in [2.45, 2.75) is 11.1 Å². The Morgan fingerprint density at radius 1 is 1.16 bits per heavy atom. The minimum absolute atomic E-state index is 0.138. The first-order chi connectivity index (χ1) is 11.7. The van der Waals surface area contributed by atoms with Gasteiger partial charge in [-0.15, -0.1) is 0 Å². The number of sulfonamides is 1. The minimum Gasteiger partial charge on any atom is -0.490 e. The third kappa shape index (κ3) is 3.51. The molecule has 0 saturated carbocycles. The molecule has 25 heavy (non-hydrogen) atoms. The summed E-state index contributed by atoms with van der Waals surface area (Å²) in [6.45, 7) is 1.06. The van der Waals surface area contributed by atoms with Gasteiger partial charge in [0.15, 0.2) is 0 Å². The molecule has 1 aliphatic heterocycles. The molecule has 0 fully saturated rings. The molecule has 0 aliphatic carbocycles. The number of ether oxygens (including phenoxy) is 1. The predicted octanol–water partition coefficient (Wildman–Crippen LogP) is 3.33. The largest absolute Gasteiger partial charge is 0.490 e. The van der Waals surface area contributed by atoms with Gasteiger partial charge in [-0.2, -0.15) is 13.2 Å². The molecule has 1 heterocycles. The molecule has 1 aliphatic rings. The van der Waals surface area contributed by atoms with Crippen LogP contribution in [0.4, 0.5) is 24.5 Å². The molecule has 3 rings (SSSR count). The average Bonchev–Trinajstić information content (AvgIpc) is 2.54. The highest BCUT2D eigenvalue weighted by Crippen LogP contribution is 2.37. The van der Waals surface area contributed by atoms with Crippen LogP contribution in [-0.4, -0.2) is 28.6 Å². The summed E-state index contributed by atoms with van der Waals surface area (Å²) < 4.78 is 71.7. The van der Waals surface area contributed by atoms with E-state index in [-0.39, 0.29) is 4.90 Å². The topological polar surface area (TPSA) is 58.6 Å². The van der Waals surface area contributed by atoms with E-state index in [9.17, 15) is 21.6 Å². The van der Waals surface area contributed by atoms with Gasteiger partial charge in [0.05, 0.1) is 28.4 Å². The summed E-state index contributed by atoms with van der Waals surface area (Å²) in [7, 11) is -2.40. The zero-order valence-corrected chi connectivity index (χ0v) is 14.0. The third-order valence-electron chi connectivity index (χ3n) is 3.81.